The van der Waals surface area contributed by atoms with Crippen LogP contribution in [0.25, 0.3) is 0 Å². The molecule has 0 saturated heterocycles. The SMILES string of the molecule is CC(=O)C1=C(C)N(C)/C(=C2\SC(C(C)=O)=C(C)N2C)S1. The van der Waals surface area contributed by atoms with E-state index in [2.05, 4.69) is 0 Å². The molecule has 20 heavy (non-hydrogen) atoms. The van der Waals surface area contributed by atoms with Crippen molar-refractivity contribution in [3.63, 3.8) is 0 Å². The van der Waals surface area contributed by atoms with Gasteiger partial charge in [-0.3, -0.25) is 9.59 Å². The molecule has 0 radical (unpaired) electrons. The Labute approximate surface area is 127 Å². The second-order valence-electron chi connectivity index (χ2n) is 4.87. The molecule has 0 aromatic heterocycles. The van der Waals surface area contributed by atoms with E-state index < -0.39 is 0 Å². The standard InChI is InChI=1S/C14H18N2O2S2/c1-7-11(9(3)17)19-13(15(7)5)14-16(6)8(2)12(20-14)10(4)18/h1-6H3/b14-13+. The smallest absolute Gasteiger partial charge is 0.168 e. The number of allylic oxidation sites excluding steroid dienone is 4. The van der Waals surface area contributed by atoms with Gasteiger partial charge in [0.2, 0.25) is 0 Å². The Morgan fingerprint density at radius 1 is 0.800 bits per heavy atom. The van der Waals surface area contributed by atoms with Crippen LogP contribution in [0.5, 0.6) is 0 Å². The molecule has 108 valence electrons. The number of nitrogens with zero attached hydrogens (tertiary/aromatic N) is 2. The Bertz CT molecular complexity index is 550. The number of carbonyl (C=O) groups is 2. The lowest BCUT2D eigenvalue weighted by Gasteiger charge is -2.21. The van der Waals surface area contributed by atoms with E-state index in [1.54, 1.807) is 13.8 Å². The van der Waals surface area contributed by atoms with Gasteiger partial charge in [-0.1, -0.05) is 23.5 Å². The summed E-state index contributed by atoms with van der Waals surface area (Å²) >= 11 is 2.97. The number of carbonyl (C=O) groups excluding carboxylic acids is 2. The maximum Gasteiger partial charge on any atom is 0.168 e. The third-order valence-electron chi connectivity index (χ3n) is 3.49. The highest BCUT2D eigenvalue weighted by molar-refractivity contribution is 8.11. The summed E-state index contributed by atoms with van der Waals surface area (Å²) < 4.78 is 0. The van der Waals surface area contributed by atoms with Crippen LogP contribution in [0.3, 0.4) is 0 Å². The zero-order chi connectivity index (χ0) is 15.2. The van der Waals surface area contributed by atoms with Crippen molar-refractivity contribution in [1.29, 1.82) is 0 Å². The van der Waals surface area contributed by atoms with Crippen LogP contribution in [0, 0.1) is 0 Å². The lowest BCUT2D eigenvalue weighted by molar-refractivity contribution is -0.113. The van der Waals surface area contributed by atoms with Crippen LogP contribution in [-0.2, 0) is 9.59 Å². The third kappa shape index (κ3) is 2.31. The second-order valence-corrected chi connectivity index (χ2v) is 6.87. The zero-order valence-corrected chi connectivity index (χ0v) is 14.2. The van der Waals surface area contributed by atoms with Gasteiger partial charge < -0.3 is 9.80 Å². The molecule has 2 aliphatic heterocycles. The minimum atomic E-state index is 0.0806. The van der Waals surface area contributed by atoms with Crippen LogP contribution in [0.4, 0.5) is 0 Å². The average Bonchev–Trinajstić information content (AvgIpc) is 2.81. The molecule has 0 fully saturated rings. The van der Waals surface area contributed by atoms with Gasteiger partial charge in [-0.15, -0.1) is 0 Å². The number of hydrogen-bond acceptors (Lipinski definition) is 6. The van der Waals surface area contributed by atoms with Gasteiger partial charge in [-0.2, -0.15) is 0 Å². The zero-order valence-electron chi connectivity index (χ0n) is 12.5. The van der Waals surface area contributed by atoms with E-state index in [0.717, 1.165) is 31.3 Å². The van der Waals surface area contributed by atoms with Crippen LogP contribution in [-0.4, -0.2) is 35.5 Å². The molecular weight excluding hydrogens is 292 g/mol. The highest BCUT2D eigenvalue weighted by Gasteiger charge is 2.34. The lowest BCUT2D eigenvalue weighted by atomic mass is 10.3. The van der Waals surface area contributed by atoms with Crippen molar-refractivity contribution in [2.45, 2.75) is 27.7 Å². The number of rotatable bonds is 2. The van der Waals surface area contributed by atoms with E-state index in [4.69, 9.17) is 0 Å². The van der Waals surface area contributed by atoms with Gasteiger partial charge in [0.1, 0.15) is 10.1 Å². The van der Waals surface area contributed by atoms with Crippen molar-refractivity contribution in [3.8, 4) is 0 Å². The Balaban J connectivity index is 2.40. The summed E-state index contributed by atoms with van der Waals surface area (Å²) in [7, 11) is 3.91. The Morgan fingerprint density at radius 3 is 1.30 bits per heavy atom. The van der Waals surface area contributed by atoms with Gasteiger partial charge in [-0.05, 0) is 27.7 Å². The van der Waals surface area contributed by atoms with E-state index in [1.807, 2.05) is 37.7 Å². The first-order valence-corrected chi connectivity index (χ1v) is 7.90. The molecule has 0 bridgehead atoms. The molecule has 4 nitrogen and oxygen atoms in total. The second kappa shape index (κ2) is 5.33. The van der Waals surface area contributed by atoms with Crippen molar-refractivity contribution >= 4 is 35.1 Å². The van der Waals surface area contributed by atoms with Crippen LogP contribution in [0.15, 0.2) is 31.3 Å². The first-order valence-electron chi connectivity index (χ1n) is 6.26. The van der Waals surface area contributed by atoms with Crippen molar-refractivity contribution < 1.29 is 9.59 Å². The van der Waals surface area contributed by atoms with Gasteiger partial charge >= 0.3 is 0 Å². The summed E-state index contributed by atoms with van der Waals surface area (Å²) in [5.41, 5.74) is 1.93. The summed E-state index contributed by atoms with van der Waals surface area (Å²) in [4.78, 5) is 28.9. The van der Waals surface area contributed by atoms with Gasteiger partial charge in [0.25, 0.3) is 0 Å². The van der Waals surface area contributed by atoms with Crippen molar-refractivity contribution in [3.05, 3.63) is 31.3 Å². The predicted molar refractivity (Wildman–Crippen MR) is 84.5 cm³/mol. The molecule has 6 heteroatoms. The molecule has 0 atom stereocenters. The van der Waals surface area contributed by atoms with Gasteiger partial charge in [0.05, 0.1) is 9.81 Å². The summed E-state index contributed by atoms with van der Waals surface area (Å²) in [5.74, 6) is 0.161. The molecular formula is C14H18N2O2S2. The van der Waals surface area contributed by atoms with Crippen LogP contribution < -0.4 is 0 Å². The first kappa shape index (κ1) is 15.3. The molecule has 0 spiro atoms. The van der Waals surface area contributed by atoms with Crippen LogP contribution in [0.2, 0.25) is 0 Å². The van der Waals surface area contributed by atoms with E-state index in [0.29, 0.717) is 0 Å². The third-order valence-corrected chi connectivity index (χ3v) is 6.52. The number of hydrogen-bond donors (Lipinski definition) is 0. The minimum Gasteiger partial charge on any atom is -0.340 e. The fourth-order valence-electron chi connectivity index (χ4n) is 2.11. The first-order chi connectivity index (χ1) is 9.25. The Hall–Kier alpha value is -1.14. The molecule has 0 saturated carbocycles. The van der Waals surface area contributed by atoms with Crippen LogP contribution in [0.1, 0.15) is 27.7 Å². The molecule has 2 rings (SSSR count). The fraction of sp³-hybridized carbons (Fsp3) is 0.429. The molecule has 0 aromatic rings. The highest BCUT2D eigenvalue weighted by Crippen LogP contribution is 2.50. The monoisotopic (exact) mass is 310 g/mol. The van der Waals surface area contributed by atoms with Crippen molar-refractivity contribution in [1.82, 2.24) is 9.80 Å². The van der Waals surface area contributed by atoms with Gasteiger partial charge in [0, 0.05) is 25.5 Å². The van der Waals surface area contributed by atoms with E-state index >= 15 is 0 Å². The summed E-state index contributed by atoms with van der Waals surface area (Å²) in [5, 5.41) is 2.02. The maximum absolute atomic E-state index is 11.7. The number of ketones is 2. The maximum atomic E-state index is 11.7. The minimum absolute atomic E-state index is 0.0806. The number of Topliss-reactive ketones (excluding diaryl/α,β-unsaturated/α-hetero) is 2. The Kier molecular flexibility index (Phi) is 4.07. The fourth-order valence-corrected chi connectivity index (χ4v) is 4.60. The summed E-state index contributed by atoms with van der Waals surface area (Å²) in [6, 6.07) is 0. The molecule has 0 unspecified atom stereocenters. The number of thioether (sulfide) groups is 2. The van der Waals surface area contributed by atoms with Gasteiger partial charge in [0.15, 0.2) is 11.6 Å². The van der Waals surface area contributed by atoms with E-state index in [9.17, 15) is 9.59 Å². The normalized spacial score (nSPS) is 23.3. The molecule has 2 heterocycles. The molecule has 2 aliphatic rings. The molecule has 0 aliphatic carbocycles. The predicted octanol–water partition coefficient (Wildman–Crippen LogP) is 3.11. The highest BCUT2D eigenvalue weighted by atomic mass is 32.2. The lowest BCUT2D eigenvalue weighted by Crippen LogP contribution is -2.16. The quantitative estimate of drug-likeness (QED) is 0.780. The van der Waals surface area contributed by atoms with E-state index in [1.165, 1.54) is 23.5 Å². The van der Waals surface area contributed by atoms with Crippen molar-refractivity contribution in [2.24, 2.45) is 0 Å². The topological polar surface area (TPSA) is 40.6 Å². The summed E-state index contributed by atoms with van der Waals surface area (Å²) in [6.45, 7) is 7.07. The van der Waals surface area contributed by atoms with E-state index in [-0.39, 0.29) is 11.6 Å². The van der Waals surface area contributed by atoms with Gasteiger partial charge in [-0.25, -0.2) is 0 Å². The molecule has 0 amide bonds. The van der Waals surface area contributed by atoms with Crippen LogP contribution >= 0.6 is 23.5 Å². The Morgan fingerprint density at radius 2 is 1.10 bits per heavy atom. The largest absolute Gasteiger partial charge is 0.340 e. The molecule has 0 aromatic carbocycles. The molecule has 0 N–H and O–H groups in total. The van der Waals surface area contributed by atoms with Crippen molar-refractivity contribution in [2.75, 3.05) is 14.1 Å². The summed E-state index contributed by atoms with van der Waals surface area (Å²) in [6.07, 6.45) is 0. The average molecular weight is 310 g/mol.